The first-order valence-electron chi connectivity index (χ1n) is 10.6. The molecule has 1 aliphatic carbocycles. The number of ether oxygens (including phenoxy) is 2. The first-order chi connectivity index (χ1) is 14.5. The van der Waals surface area contributed by atoms with Crippen molar-refractivity contribution in [2.24, 2.45) is 5.92 Å². The Hall–Kier alpha value is -2.08. The summed E-state index contributed by atoms with van der Waals surface area (Å²) in [6.07, 6.45) is 2.91. The van der Waals surface area contributed by atoms with Gasteiger partial charge in [-0.2, -0.15) is 0 Å². The molecule has 5 nitrogen and oxygen atoms in total. The van der Waals surface area contributed by atoms with Crippen molar-refractivity contribution in [3.63, 3.8) is 0 Å². The predicted octanol–water partition coefficient (Wildman–Crippen LogP) is 4.49. The van der Waals surface area contributed by atoms with Crippen LogP contribution in [-0.2, 0) is 9.53 Å². The van der Waals surface area contributed by atoms with Gasteiger partial charge >= 0.3 is 5.97 Å². The second-order valence-electron chi connectivity index (χ2n) is 7.77. The van der Waals surface area contributed by atoms with Crippen LogP contribution in [0.1, 0.15) is 49.3 Å². The molecule has 1 saturated carbocycles. The number of hydrogen-bond donors (Lipinski definition) is 2. The lowest BCUT2D eigenvalue weighted by molar-refractivity contribution is -0.145. The number of carbonyl (C=O) groups is 1. The van der Waals surface area contributed by atoms with Gasteiger partial charge in [0.2, 0.25) is 0 Å². The van der Waals surface area contributed by atoms with Crippen molar-refractivity contribution in [1.82, 2.24) is 5.32 Å². The molecule has 6 heteroatoms. The smallest absolute Gasteiger partial charge is 0.344 e. The minimum absolute atomic E-state index is 0.0641. The number of carbonyl (C=O) groups excluding carboxylic acids is 1. The number of aliphatic hydroxyl groups is 1. The van der Waals surface area contributed by atoms with Crippen LogP contribution in [0.2, 0.25) is 5.02 Å². The molecule has 0 bridgehead atoms. The summed E-state index contributed by atoms with van der Waals surface area (Å²) in [6, 6.07) is 15.4. The lowest BCUT2D eigenvalue weighted by atomic mass is 9.96. The predicted molar refractivity (Wildman–Crippen MR) is 118 cm³/mol. The number of rotatable bonds is 10. The molecule has 0 aliphatic heterocycles. The Labute approximate surface area is 183 Å². The summed E-state index contributed by atoms with van der Waals surface area (Å²) >= 11 is 5.99. The van der Waals surface area contributed by atoms with E-state index in [1.54, 1.807) is 13.0 Å². The molecule has 2 unspecified atom stereocenters. The second kappa shape index (κ2) is 11.3. The summed E-state index contributed by atoms with van der Waals surface area (Å²) in [6.45, 7) is 3.49. The Balaban J connectivity index is 1.40. The average molecular weight is 432 g/mol. The zero-order chi connectivity index (χ0) is 21.3. The molecule has 0 amide bonds. The Kier molecular flexibility index (Phi) is 8.55. The van der Waals surface area contributed by atoms with Crippen LogP contribution in [0.15, 0.2) is 48.5 Å². The Morgan fingerprint density at radius 2 is 2.03 bits per heavy atom. The highest BCUT2D eigenvalue weighted by atomic mass is 35.5. The van der Waals surface area contributed by atoms with E-state index in [4.69, 9.17) is 21.1 Å². The van der Waals surface area contributed by atoms with Crippen molar-refractivity contribution >= 4 is 17.6 Å². The van der Waals surface area contributed by atoms with Crippen LogP contribution in [0, 0.1) is 5.92 Å². The molecule has 3 rings (SSSR count). The average Bonchev–Trinajstić information content (AvgIpc) is 3.22. The number of esters is 1. The number of nitrogens with one attached hydrogen (secondary N) is 1. The highest BCUT2D eigenvalue weighted by Gasteiger charge is 2.25. The molecule has 2 N–H and O–H groups in total. The van der Waals surface area contributed by atoms with E-state index < -0.39 is 6.10 Å². The lowest BCUT2D eigenvalue weighted by Gasteiger charge is -2.16. The third kappa shape index (κ3) is 6.73. The number of benzene rings is 2. The highest BCUT2D eigenvalue weighted by molar-refractivity contribution is 6.30. The first-order valence-corrected chi connectivity index (χ1v) is 11.0. The van der Waals surface area contributed by atoms with Gasteiger partial charge in [0.15, 0.2) is 6.61 Å². The molecular weight excluding hydrogens is 402 g/mol. The highest BCUT2D eigenvalue weighted by Crippen LogP contribution is 2.38. The molecule has 30 heavy (non-hydrogen) atoms. The maximum atomic E-state index is 11.4. The van der Waals surface area contributed by atoms with E-state index in [1.807, 2.05) is 30.3 Å². The summed E-state index contributed by atoms with van der Waals surface area (Å²) in [5.41, 5.74) is 2.14. The molecule has 1 fully saturated rings. The summed E-state index contributed by atoms with van der Waals surface area (Å²) in [7, 11) is 0. The fourth-order valence-corrected chi connectivity index (χ4v) is 4.20. The van der Waals surface area contributed by atoms with Crippen molar-refractivity contribution < 1.29 is 19.4 Å². The number of halogens is 1. The van der Waals surface area contributed by atoms with Gasteiger partial charge in [0.05, 0.1) is 12.7 Å². The van der Waals surface area contributed by atoms with E-state index in [0.717, 1.165) is 24.9 Å². The third-order valence-corrected chi connectivity index (χ3v) is 5.79. The van der Waals surface area contributed by atoms with E-state index in [1.165, 1.54) is 12.0 Å². The van der Waals surface area contributed by atoms with Crippen molar-refractivity contribution in [1.29, 1.82) is 0 Å². The normalized spacial score (nSPS) is 19.4. The van der Waals surface area contributed by atoms with E-state index in [2.05, 4.69) is 17.4 Å². The molecule has 0 radical (unpaired) electrons. The molecule has 162 valence electrons. The Bertz CT molecular complexity index is 811. The minimum Gasteiger partial charge on any atom is -0.482 e. The minimum atomic E-state index is -0.553. The van der Waals surface area contributed by atoms with Gasteiger partial charge in [0.1, 0.15) is 5.75 Å². The van der Waals surface area contributed by atoms with Gasteiger partial charge in [0, 0.05) is 11.6 Å². The fraction of sp³-hybridized carbons (Fsp3) is 0.458. The van der Waals surface area contributed by atoms with E-state index in [-0.39, 0.29) is 12.6 Å². The number of hydrogen-bond acceptors (Lipinski definition) is 5. The molecule has 2 aromatic carbocycles. The standard InChI is InChI=1S/C24H30ClNO4/c1-2-29-24(28)16-30-22-10-8-18(9-11-22)19-7-6-17(12-19)14-26-15-23(27)20-4-3-5-21(25)13-20/h3-5,8-11,13,17,19,23,26-27H,2,6-7,12,14-16H2,1H3/t17?,19?,23-/m0/s1. The van der Waals surface area contributed by atoms with Gasteiger partial charge in [-0.1, -0.05) is 35.9 Å². The molecule has 1 aliphatic rings. The molecule has 0 spiro atoms. The van der Waals surface area contributed by atoms with Crippen molar-refractivity contribution in [2.75, 3.05) is 26.3 Å². The van der Waals surface area contributed by atoms with Gasteiger partial charge in [-0.05, 0) is 80.0 Å². The van der Waals surface area contributed by atoms with Gasteiger partial charge in [-0.25, -0.2) is 4.79 Å². The van der Waals surface area contributed by atoms with Crippen LogP contribution in [0.5, 0.6) is 5.75 Å². The van der Waals surface area contributed by atoms with Crippen molar-refractivity contribution in [2.45, 2.75) is 38.2 Å². The monoisotopic (exact) mass is 431 g/mol. The van der Waals surface area contributed by atoms with Crippen molar-refractivity contribution in [3.8, 4) is 5.75 Å². The van der Waals surface area contributed by atoms with Crippen molar-refractivity contribution in [3.05, 3.63) is 64.7 Å². The van der Waals surface area contributed by atoms with Gasteiger partial charge in [-0.3, -0.25) is 0 Å². The summed E-state index contributed by atoms with van der Waals surface area (Å²) < 4.78 is 10.3. The molecule has 0 aromatic heterocycles. The van der Waals surface area contributed by atoms with Crippen LogP contribution in [0.25, 0.3) is 0 Å². The van der Waals surface area contributed by atoms with Crippen LogP contribution in [0.4, 0.5) is 0 Å². The largest absolute Gasteiger partial charge is 0.482 e. The van der Waals surface area contributed by atoms with Gasteiger partial charge in [0.25, 0.3) is 0 Å². The van der Waals surface area contributed by atoms with Gasteiger partial charge in [-0.15, -0.1) is 0 Å². The zero-order valence-electron chi connectivity index (χ0n) is 17.4. The first kappa shape index (κ1) is 22.6. The third-order valence-electron chi connectivity index (χ3n) is 5.56. The van der Waals surface area contributed by atoms with E-state index >= 15 is 0 Å². The summed E-state index contributed by atoms with van der Waals surface area (Å²) in [5, 5.41) is 14.4. The Morgan fingerprint density at radius 3 is 2.77 bits per heavy atom. The Morgan fingerprint density at radius 1 is 1.23 bits per heavy atom. The van der Waals surface area contributed by atoms with Crippen LogP contribution >= 0.6 is 11.6 Å². The number of aliphatic hydroxyl groups excluding tert-OH is 1. The molecular formula is C24H30ClNO4. The SMILES string of the molecule is CCOC(=O)COc1ccc(C2CCC(CNC[C@H](O)c3cccc(Cl)c3)C2)cc1. The molecule has 0 heterocycles. The maximum Gasteiger partial charge on any atom is 0.344 e. The summed E-state index contributed by atoms with van der Waals surface area (Å²) in [4.78, 5) is 11.4. The van der Waals surface area contributed by atoms with E-state index in [0.29, 0.717) is 35.8 Å². The van der Waals surface area contributed by atoms with Crippen LogP contribution in [-0.4, -0.2) is 37.4 Å². The van der Waals surface area contributed by atoms with Crippen LogP contribution in [0.3, 0.4) is 0 Å². The van der Waals surface area contributed by atoms with Gasteiger partial charge < -0.3 is 19.9 Å². The molecule has 2 aromatic rings. The summed E-state index contributed by atoms with van der Waals surface area (Å²) in [5.74, 6) is 1.46. The molecule has 3 atom stereocenters. The fourth-order valence-electron chi connectivity index (χ4n) is 4.00. The van der Waals surface area contributed by atoms with Crippen LogP contribution < -0.4 is 10.1 Å². The lowest BCUT2D eigenvalue weighted by Crippen LogP contribution is -2.26. The second-order valence-corrected chi connectivity index (χ2v) is 8.20. The van der Waals surface area contributed by atoms with E-state index in [9.17, 15) is 9.90 Å². The topological polar surface area (TPSA) is 67.8 Å². The zero-order valence-corrected chi connectivity index (χ0v) is 18.1. The maximum absolute atomic E-state index is 11.4. The molecule has 0 saturated heterocycles. The quantitative estimate of drug-likeness (QED) is 0.542.